The van der Waals surface area contributed by atoms with E-state index >= 15 is 0 Å². The second-order valence-electron chi connectivity index (χ2n) is 4.75. The molecule has 1 aliphatic heterocycles. The first kappa shape index (κ1) is 21.5. The molecule has 1 unspecified atom stereocenters. The highest BCUT2D eigenvalue weighted by molar-refractivity contribution is 5.95. The van der Waals surface area contributed by atoms with E-state index in [2.05, 4.69) is 65.3 Å². The lowest BCUT2D eigenvalue weighted by Crippen LogP contribution is -2.30. The van der Waals surface area contributed by atoms with Crippen molar-refractivity contribution in [2.24, 2.45) is 4.99 Å². The topological polar surface area (TPSA) is 142 Å². The van der Waals surface area contributed by atoms with Gasteiger partial charge in [0.1, 0.15) is 18.8 Å². The van der Waals surface area contributed by atoms with Gasteiger partial charge in [-0.3, -0.25) is 0 Å². The molecule has 1 aliphatic rings. The van der Waals surface area contributed by atoms with Crippen LogP contribution in [0.1, 0.15) is 12.5 Å². The standard InChI is InChI=1S/C12H15NO14/c1-12(8-15-11(13-12)10-6-4-3-5-7-10)9-16-18-20-22-24-26-27-25-23-21-19-17-14-2/h3-7H,8-9H2,1-2H3. The number of ether oxygens (including phenoxy) is 1. The Hall–Kier alpha value is -1.83. The van der Waals surface area contributed by atoms with Crippen LogP contribution >= 0.6 is 0 Å². The van der Waals surface area contributed by atoms with Gasteiger partial charge >= 0.3 is 0 Å². The molecule has 0 aliphatic carbocycles. The van der Waals surface area contributed by atoms with Crippen molar-refractivity contribution in [3.63, 3.8) is 0 Å². The van der Waals surface area contributed by atoms with E-state index in [1.165, 1.54) is 0 Å². The van der Waals surface area contributed by atoms with Crippen LogP contribution in [0.2, 0.25) is 0 Å². The Kier molecular flexibility index (Phi) is 9.97. The Morgan fingerprint density at radius 2 is 1.41 bits per heavy atom. The monoisotopic (exact) mass is 397 g/mol. The molecule has 0 fully saturated rings. The molecule has 152 valence electrons. The highest BCUT2D eigenvalue weighted by Gasteiger charge is 2.33. The summed E-state index contributed by atoms with van der Waals surface area (Å²) in [5.74, 6) is 0.498. The molecular formula is C12H15NO14. The Balaban J connectivity index is 1.46. The summed E-state index contributed by atoms with van der Waals surface area (Å²) >= 11 is 0. The van der Waals surface area contributed by atoms with E-state index < -0.39 is 5.54 Å². The number of nitrogens with zero attached hydrogens (tertiary/aromatic N) is 1. The lowest BCUT2D eigenvalue weighted by Gasteiger charge is -2.15. The van der Waals surface area contributed by atoms with E-state index in [9.17, 15) is 0 Å². The summed E-state index contributed by atoms with van der Waals surface area (Å²) in [7, 11) is 1.14. The molecule has 1 atom stereocenters. The zero-order chi connectivity index (χ0) is 19.2. The normalized spacial score (nSPS) is 19.1. The molecule has 0 saturated heterocycles. The van der Waals surface area contributed by atoms with E-state index in [0.717, 1.165) is 12.7 Å². The smallest absolute Gasteiger partial charge is 0.216 e. The van der Waals surface area contributed by atoms with Gasteiger partial charge in [-0.25, -0.2) is 14.8 Å². The van der Waals surface area contributed by atoms with Gasteiger partial charge in [-0.2, -0.15) is 0 Å². The van der Waals surface area contributed by atoms with Gasteiger partial charge < -0.3 is 4.74 Å². The third-order valence-corrected chi connectivity index (χ3v) is 2.68. The maximum absolute atomic E-state index is 5.54. The minimum atomic E-state index is -0.686. The van der Waals surface area contributed by atoms with Crippen molar-refractivity contribution in [2.75, 3.05) is 20.3 Å². The number of hydrogen-bond donors (Lipinski definition) is 0. The molecule has 1 aromatic rings. The molecule has 0 spiro atoms. The summed E-state index contributed by atoms with van der Waals surface area (Å²) in [4.78, 5) is 13.1. The SMILES string of the molecule is COOOOOOOOOOOOOCC1(C)COC(c2ccccc2)=N1. The number of aliphatic imine (C=N–C) groups is 1. The average molecular weight is 397 g/mol. The Morgan fingerprint density at radius 1 is 0.852 bits per heavy atom. The van der Waals surface area contributed by atoms with Gasteiger partial charge in [0.25, 0.3) is 0 Å². The molecule has 0 radical (unpaired) electrons. The quantitative estimate of drug-likeness (QED) is 0.236. The summed E-state index contributed by atoms with van der Waals surface area (Å²) in [6, 6.07) is 9.39. The lowest BCUT2D eigenvalue weighted by molar-refractivity contribution is -0.869. The van der Waals surface area contributed by atoms with E-state index in [0.29, 0.717) is 5.90 Å². The van der Waals surface area contributed by atoms with Gasteiger partial charge in [0, 0.05) is 5.56 Å². The van der Waals surface area contributed by atoms with Crippen LogP contribution in [0.4, 0.5) is 0 Å². The first-order chi connectivity index (χ1) is 13.2. The van der Waals surface area contributed by atoms with Gasteiger partial charge in [0.05, 0.1) is 7.11 Å². The Bertz CT molecular complexity index is 544. The summed E-state index contributed by atoms with van der Waals surface area (Å²) in [5.41, 5.74) is 0.163. The molecule has 0 bridgehead atoms. The van der Waals surface area contributed by atoms with E-state index in [1.807, 2.05) is 30.3 Å². The lowest BCUT2D eigenvalue weighted by atomic mass is 10.1. The van der Waals surface area contributed by atoms with Crippen molar-refractivity contribution in [1.29, 1.82) is 0 Å². The van der Waals surface area contributed by atoms with E-state index in [1.54, 1.807) is 6.92 Å². The molecule has 0 aromatic heterocycles. The molecule has 0 N–H and O–H groups in total. The summed E-state index contributed by atoms with van der Waals surface area (Å²) < 4.78 is 5.54. The van der Waals surface area contributed by atoms with Crippen LogP contribution in [0.25, 0.3) is 0 Å². The largest absolute Gasteiger partial charge is 0.475 e. The molecule has 27 heavy (non-hydrogen) atoms. The highest BCUT2D eigenvalue weighted by Crippen LogP contribution is 2.22. The third kappa shape index (κ3) is 8.60. The van der Waals surface area contributed by atoms with Gasteiger partial charge in [-0.1, -0.05) is 18.2 Å². The van der Waals surface area contributed by atoms with Crippen LogP contribution < -0.4 is 0 Å². The summed E-state index contributed by atoms with van der Waals surface area (Å²) in [5, 5.41) is 41.7. The zero-order valence-electron chi connectivity index (χ0n) is 14.0. The molecule has 1 aromatic carbocycles. The molecule has 1 heterocycles. The van der Waals surface area contributed by atoms with Gasteiger partial charge in [-0.05, 0) is 74.5 Å². The van der Waals surface area contributed by atoms with Gasteiger partial charge in [-0.15, -0.1) is 0 Å². The highest BCUT2D eigenvalue weighted by atomic mass is 18.0. The predicted molar refractivity (Wildman–Crippen MR) is 72.2 cm³/mol. The van der Waals surface area contributed by atoms with Crippen molar-refractivity contribution < 1.29 is 69.9 Å². The fourth-order valence-corrected chi connectivity index (χ4v) is 1.64. The van der Waals surface area contributed by atoms with Crippen LogP contribution in [-0.2, 0) is 69.9 Å². The predicted octanol–water partition coefficient (Wildman–Crippen LogP) is 1.05. The van der Waals surface area contributed by atoms with E-state index in [-0.39, 0.29) is 13.2 Å². The number of hydrogen-bond acceptors (Lipinski definition) is 15. The molecule has 15 nitrogen and oxygen atoms in total. The second kappa shape index (κ2) is 12.5. The minimum Gasteiger partial charge on any atom is -0.475 e. The molecular weight excluding hydrogens is 382 g/mol. The van der Waals surface area contributed by atoms with Crippen LogP contribution in [-0.4, -0.2) is 31.8 Å². The van der Waals surface area contributed by atoms with Crippen molar-refractivity contribution in [3.05, 3.63) is 35.9 Å². The maximum Gasteiger partial charge on any atom is 0.216 e. The van der Waals surface area contributed by atoms with Crippen molar-refractivity contribution >= 4 is 5.90 Å². The summed E-state index contributed by atoms with van der Waals surface area (Å²) in [6.07, 6.45) is 0. The van der Waals surface area contributed by atoms with Gasteiger partial charge in [0.2, 0.25) is 5.90 Å². The maximum atomic E-state index is 5.54. The molecule has 0 saturated carbocycles. The molecule has 15 heteroatoms. The first-order valence-corrected chi connectivity index (χ1v) is 7.00. The fraction of sp³-hybridized carbons (Fsp3) is 0.417. The third-order valence-electron chi connectivity index (χ3n) is 2.68. The molecule has 0 amide bonds. The van der Waals surface area contributed by atoms with Crippen LogP contribution in [0.15, 0.2) is 35.3 Å². The minimum absolute atomic E-state index is 0.0120. The van der Waals surface area contributed by atoms with Crippen molar-refractivity contribution in [3.8, 4) is 0 Å². The van der Waals surface area contributed by atoms with E-state index in [4.69, 9.17) is 9.62 Å². The van der Waals surface area contributed by atoms with Crippen molar-refractivity contribution in [1.82, 2.24) is 0 Å². The molecule has 2 rings (SSSR count). The number of benzene rings is 1. The Morgan fingerprint density at radius 3 is 2.00 bits per heavy atom. The zero-order valence-corrected chi connectivity index (χ0v) is 14.0. The van der Waals surface area contributed by atoms with Gasteiger partial charge in [0.15, 0.2) is 0 Å². The average Bonchev–Trinajstić information content (AvgIpc) is 3.08. The Labute approximate surface area is 150 Å². The van der Waals surface area contributed by atoms with Crippen LogP contribution in [0, 0.1) is 0 Å². The first-order valence-electron chi connectivity index (χ1n) is 7.00. The van der Waals surface area contributed by atoms with Crippen LogP contribution in [0.5, 0.6) is 0 Å². The van der Waals surface area contributed by atoms with Crippen molar-refractivity contribution in [2.45, 2.75) is 12.5 Å². The number of rotatable bonds is 15. The van der Waals surface area contributed by atoms with Crippen LogP contribution in [0.3, 0.4) is 0 Å². The summed E-state index contributed by atoms with van der Waals surface area (Å²) in [6.45, 7) is 2.07. The second-order valence-corrected chi connectivity index (χ2v) is 4.75. The fourth-order valence-electron chi connectivity index (χ4n) is 1.64.